The van der Waals surface area contributed by atoms with Gasteiger partial charge in [-0.3, -0.25) is 4.90 Å². The van der Waals surface area contributed by atoms with Gasteiger partial charge < -0.3 is 5.32 Å². The number of hydrogen-bond acceptors (Lipinski definition) is 2. The maximum atomic E-state index is 13.4. The lowest BCUT2D eigenvalue weighted by molar-refractivity contribution is 0.206. The van der Waals surface area contributed by atoms with Gasteiger partial charge in [0.25, 0.3) is 0 Å². The topological polar surface area (TPSA) is 15.3 Å². The predicted octanol–water partition coefficient (Wildman–Crippen LogP) is 3.50. The molecule has 18 heavy (non-hydrogen) atoms. The van der Waals surface area contributed by atoms with Crippen LogP contribution in [0.1, 0.15) is 33.1 Å². The summed E-state index contributed by atoms with van der Waals surface area (Å²) in [6.45, 7) is 6.34. The second-order valence-corrected chi connectivity index (χ2v) is 5.13. The molecule has 0 amide bonds. The highest BCUT2D eigenvalue weighted by Crippen LogP contribution is 2.25. The van der Waals surface area contributed by atoms with E-state index < -0.39 is 0 Å². The van der Waals surface area contributed by atoms with Gasteiger partial charge in [0.15, 0.2) is 0 Å². The molecule has 0 bridgehead atoms. The molecular weight excluding hydrogens is 227 g/mol. The number of nitrogens with one attached hydrogen (secondary N) is 1. The van der Waals surface area contributed by atoms with E-state index in [1.165, 1.54) is 25.3 Å². The van der Waals surface area contributed by atoms with Gasteiger partial charge >= 0.3 is 0 Å². The van der Waals surface area contributed by atoms with Crippen molar-refractivity contribution in [3.63, 3.8) is 0 Å². The molecule has 1 aromatic rings. The van der Waals surface area contributed by atoms with Crippen molar-refractivity contribution in [2.45, 2.75) is 45.2 Å². The highest BCUT2D eigenvalue weighted by molar-refractivity contribution is 5.44. The number of hydrogen-bond donors (Lipinski definition) is 1. The Morgan fingerprint density at radius 1 is 1.33 bits per heavy atom. The van der Waals surface area contributed by atoms with E-state index in [0.29, 0.717) is 17.8 Å². The van der Waals surface area contributed by atoms with Gasteiger partial charge in [-0.25, -0.2) is 4.39 Å². The number of rotatable bonds is 5. The molecule has 0 saturated carbocycles. The van der Waals surface area contributed by atoms with Crippen molar-refractivity contribution in [3.8, 4) is 0 Å². The number of halogens is 1. The second kappa shape index (κ2) is 6.19. The molecule has 1 aliphatic heterocycles. The van der Waals surface area contributed by atoms with Gasteiger partial charge in [0.05, 0.1) is 5.69 Å². The quantitative estimate of drug-likeness (QED) is 0.860. The summed E-state index contributed by atoms with van der Waals surface area (Å²) in [5, 5.41) is 3.19. The van der Waals surface area contributed by atoms with Gasteiger partial charge in [-0.2, -0.15) is 0 Å². The van der Waals surface area contributed by atoms with E-state index in [4.69, 9.17) is 0 Å². The van der Waals surface area contributed by atoms with Crippen LogP contribution >= 0.6 is 0 Å². The largest absolute Gasteiger partial charge is 0.381 e. The molecule has 2 rings (SSSR count). The van der Waals surface area contributed by atoms with Crippen molar-refractivity contribution in [2.24, 2.45) is 0 Å². The number of nitrogens with zero attached hydrogens (tertiary/aromatic N) is 1. The third kappa shape index (κ3) is 3.02. The smallest absolute Gasteiger partial charge is 0.146 e. The maximum absolute atomic E-state index is 13.4. The van der Waals surface area contributed by atoms with Crippen molar-refractivity contribution in [1.29, 1.82) is 0 Å². The molecular formula is C15H23FN2. The molecule has 100 valence electrons. The zero-order valence-electron chi connectivity index (χ0n) is 11.3. The van der Waals surface area contributed by atoms with E-state index in [1.54, 1.807) is 12.1 Å². The number of benzene rings is 1. The number of anilines is 1. The monoisotopic (exact) mass is 250 g/mol. The zero-order chi connectivity index (χ0) is 13.0. The summed E-state index contributed by atoms with van der Waals surface area (Å²) in [7, 11) is 0. The van der Waals surface area contributed by atoms with Crippen LogP contribution in [-0.2, 0) is 0 Å². The van der Waals surface area contributed by atoms with E-state index in [0.717, 1.165) is 13.1 Å². The predicted molar refractivity (Wildman–Crippen MR) is 74.4 cm³/mol. The molecule has 1 saturated heterocycles. The summed E-state index contributed by atoms with van der Waals surface area (Å²) in [5.41, 5.74) is 0.609. The maximum Gasteiger partial charge on any atom is 0.146 e. The minimum atomic E-state index is -0.168. The van der Waals surface area contributed by atoms with Gasteiger partial charge in [-0.15, -0.1) is 0 Å². The van der Waals surface area contributed by atoms with E-state index >= 15 is 0 Å². The van der Waals surface area contributed by atoms with Crippen molar-refractivity contribution in [1.82, 2.24) is 4.90 Å². The Labute approximate surface area is 109 Å². The van der Waals surface area contributed by atoms with Crippen LogP contribution in [0.3, 0.4) is 0 Å². The van der Waals surface area contributed by atoms with Crippen LogP contribution in [0.4, 0.5) is 10.1 Å². The summed E-state index contributed by atoms with van der Waals surface area (Å²) >= 11 is 0. The molecule has 1 aromatic carbocycles. The van der Waals surface area contributed by atoms with Gasteiger partial charge in [0.2, 0.25) is 0 Å². The summed E-state index contributed by atoms with van der Waals surface area (Å²) in [5.74, 6) is -0.168. The summed E-state index contributed by atoms with van der Waals surface area (Å²) < 4.78 is 13.4. The van der Waals surface area contributed by atoms with Crippen LogP contribution in [0.2, 0.25) is 0 Å². The molecule has 2 unspecified atom stereocenters. The van der Waals surface area contributed by atoms with Crippen molar-refractivity contribution in [2.75, 3.05) is 18.4 Å². The SMILES string of the molecule is CCC1CCC(C)N1CCNc1ccccc1F. The van der Waals surface area contributed by atoms with Crippen molar-refractivity contribution >= 4 is 5.69 Å². The average Bonchev–Trinajstić information content (AvgIpc) is 2.73. The fourth-order valence-electron chi connectivity index (χ4n) is 2.89. The minimum absolute atomic E-state index is 0.168. The van der Waals surface area contributed by atoms with Crippen LogP contribution in [0.15, 0.2) is 24.3 Å². The molecule has 0 radical (unpaired) electrons. The standard InChI is InChI=1S/C15H23FN2/c1-3-13-9-8-12(2)18(13)11-10-17-15-7-5-4-6-14(15)16/h4-7,12-13,17H,3,8-11H2,1-2H3. The number of para-hydroxylation sites is 1. The van der Waals surface area contributed by atoms with Crippen molar-refractivity contribution in [3.05, 3.63) is 30.1 Å². The Morgan fingerprint density at radius 2 is 2.11 bits per heavy atom. The van der Waals surface area contributed by atoms with Crippen LogP contribution in [-0.4, -0.2) is 30.1 Å². The second-order valence-electron chi connectivity index (χ2n) is 5.13. The molecule has 2 atom stereocenters. The normalized spacial score (nSPS) is 24.4. The van der Waals surface area contributed by atoms with E-state index in [9.17, 15) is 4.39 Å². The minimum Gasteiger partial charge on any atom is -0.381 e. The molecule has 1 heterocycles. The van der Waals surface area contributed by atoms with Gasteiger partial charge in [-0.05, 0) is 38.3 Å². The third-order valence-electron chi connectivity index (χ3n) is 3.98. The van der Waals surface area contributed by atoms with Crippen LogP contribution in [0, 0.1) is 5.82 Å². The lowest BCUT2D eigenvalue weighted by atomic mass is 10.1. The number of likely N-dealkylation sites (tertiary alicyclic amines) is 1. The highest BCUT2D eigenvalue weighted by atomic mass is 19.1. The van der Waals surface area contributed by atoms with Crippen molar-refractivity contribution < 1.29 is 4.39 Å². The van der Waals surface area contributed by atoms with E-state index in [2.05, 4.69) is 24.1 Å². The van der Waals surface area contributed by atoms with Gasteiger partial charge in [0, 0.05) is 25.2 Å². The summed E-state index contributed by atoms with van der Waals surface area (Å²) in [4.78, 5) is 2.55. The molecule has 0 spiro atoms. The van der Waals surface area contributed by atoms with Crippen LogP contribution < -0.4 is 5.32 Å². The molecule has 3 heteroatoms. The molecule has 2 nitrogen and oxygen atoms in total. The van der Waals surface area contributed by atoms with E-state index in [-0.39, 0.29) is 5.82 Å². The van der Waals surface area contributed by atoms with Crippen LogP contribution in [0.5, 0.6) is 0 Å². The molecule has 1 aliphatic rings. The zero-order valence-corrected chi connectivity index (χ0v) is 11.3. The molecule has 1 N–H and O–H groups in total. The fourth-order valence-corrected chi connectivity index (χ4v) is 2.89. The first kappa shape index (κ1) is 13.3. The highest BCUT2D eigenvalue weighted by Gasteiger charge is 2.28. The summed E-state index contributed by atoms with van der Waals surface area (Å²) in [6.07, 6.45) is 3.81. The Kier molecular flexibility index (Phi) is 4.59. The average molecular weight is 250 g/mol. The molecule has 0 aliphatic carbocycles. The van der Waals surface area contributed by atoms with E-state index in [1.807, 2.05) is 6.07 Å². The lowest BCUT2D eigenvalue weighted by Gasteiger charge is -2.27. The first-order chi connectivity index (χ1) is 8.72. The Morgan fingerprint density at radius 3 is 2.83 bits per heavy atom. The Bertz CT molecular complexity index is 381. The van der Waals surface area contributed by atoms with Gasteiger partial charge in [0.1, 0.15) is 5.82 Å². The Hall–Kier alpha value is -1.09. The Balaban J connectivity index is 1.83. The first-order valence-corrected chi connectivity index (χ1v) is 6.96. The third-order valence-corrected chi connectivity index (χ3v) is 3.98. The molecule has 1 fully saturated rings. The summed E-state index contributed by atoms with van der Waals surface area (Å²) in [6, 6.07) is 8.24. The fraction of sp³-hybridized carbons (Fsp3) is 0.600. The lowest BCUT2D eigenvalue weighted by Crippen LogP contribution is -2.37. The van der Waals surface area contributed by atoms with Gasteiger partial charge in [-0.1, -0.05) is 19.1 Å². The van der Waals surface area contributed by atoms with Crippen LogP contribution in [0.25, 0.3) is 0 Å². The molecule has 0 aromatic heterocycles. The first-order valence-electron chi connectivity index (χ1n) is 6.96.